The molecule has 4 heteroatoms. The van der Waals surface area contributed by atoms with E-state index in [1.165, 1.54) is 24.1 Å². The first-order valence-electron chi connectivity index (χ1n) is 9.21. The number of rotatable bonds is 5. The molecule has 1 aliphatic rings. The first-order valence-corrected chi connectivity index (χ1v) is 9.21. The Labute approximate surface area is 150 Å². The van der Waals surface area contributed by atoms with Crippen molar-refractivity contribution in [1.29, 1.82) is 0 Å². The molecule has 0 radical (unpaired) electrons. The number of benzene rings is 2. The predicted octanol–water partition coefficient (Wildman–Crippen LogP) is 4.38. The van der Waals surface area contributed by atoms with Gasteiger partial charge in [0, 0.05) is 37.6 Å². The Balaban J connectivity index is 1.49. The third-order valence-corrected chi connectivity index (χ3v) is 4.71. The van der Waals surface area contributed by atoms with Crippen molar-refractivity contribution in [3.05, 3.63) is 60.2 Å². The van der Waals surface area contributed by atoms with Gasteiger partial charge in [0.15, 0.2) is 0 Å². The van der Waals surface area contributed by atoms with E-state index in [2.05, 4.69) is 53.5 Å². The maximum Gasteiger partial charge on any atom is 0.321 e. The molecule has 25 heavy (non-hydrogen) atoms. The molecular weight excluding hydrogens is 310 g/mol. The molecule has 3 rings (SSSR count). The first-order chi connectivity index (χ1) is 12.3. The summed E-state index contributed by atoms with van der Waals surface area (Å²) < 4.78 is 0. The quantitative estimate of drug-likeness (QED) is 0.878. The Morgan fingerprint density at radius 1 is 0.960 bits per heavy atom. The lowest BCUT2D eigenvalue weighted by atomic mass is 10.1. The number of piperazine rings is 1. The summed E-state index contributed by atoms with van der Waals surface area (Å²) in [6, 6.07) is 18.6. The number of aryl methyl sites for hydroxylation is 1. The van der Waals surface area contributed by atoms with Gasteiger partial charge in [0.05, 0.1) is 0 Å². The van der Waals surface area contributed by atoms with E-state index in [1.807, 2.05) is 23.1 Å². The van der Waals surface area contributed by atoms with Crippen LogP contribution in [0.4, 0.5) is 16.2 Å². The van der Waals surface area contributed by atoms with Crippen LogP contribution in [0.1, 0.15) is 25.3 Å². The zero-order valence-electron chi connectivity index (χ0n) is 14.9. The van der Waals surface area contributed by atoms with Crippen molar-refractivity contribution < 1.29 is 4.79 Å². The van der Waals surface area contributed by atoms with Gasteiger partial charge in [0.1, 0.15) is 0 Å². The second-order valence-corrected chi connectivity index (χ2v) is 6.54. The summed E-state index contributed by atoms with van der Waals surface area (Å²) in [4.78, 5) is 16.7. The summed E-state index contributed by atoms with van der Waals surface area (Å²) in [6.07, 6.45) is 3.51. The molecule has 2 aromatic carbocycles. The highest BCUT2D eigenvalue weighted by Gasteiger charge is 2.21. The van der Waals surface area contributed by atoms with E-state index in [-0.39, 0.29) is 6.03 Å². The standard InChI is InChI=1S/C21H27N3O/c1-2-3-7-18-10-12-19(13-11-18)22-21(25)24-16-14-23(15-17-24)20-8-5-4-6-9-20/h4-6,8-13H,2-3,7,14-17H2,1H3,(H,22,25). The Hall–Kier alpha value is -2.49. The molecule has 1 heterocycles. The van der Waals surface area contributed by atoms with E-state index in [4.69, 9.17) is 0 Å². The van der Waals surface area contributed by atoms with Crippen LogP contribution >= 0.6 is 0 Å². The van der Waals surface area contributed by atoms with Crippen molar-refractivity contribution in [2.75, 3.05) is 36.4 Å². The number of amides is 2. The van der Waals surface area contributed by atoms with Crippen LogP contribution in [-0.4, -0.2) is 37.1 Å². The van der Waals surface area contributed by atoms with Gasteiger partial charge in [0.25, 0.3) is 0 Å². The fraction of sp³-hybridized carbons (Fsp3) is 0.381. The molecule has 2 aromatic rings. The summed E-state index contributed by atoms with van der Waals surface area (Å²) in [5, 5.41) is 3.02. The lowest BCUT2D eigenvalue weighted by Crippen LogP contribution is -2.50. The van der Waals surface area contributed by atoms with Crippen LogP contribution < -0.4 is 10.2 Å². The summed E-state index contributed by atoms with van der Waals surface area (Å²) in [6.45, 7) is 5.43. The molecule has 4 nitrogen and oxygen atoms in total. The van der Waals surface area contributed by atoms with Crippen LogP contribution in [-0.2, 0) is 6.42 Å². The van der Waals surface area contributed by atoms with Gasteiger partial charge in [-0.15, -0.1) is 0 Å². The fourth-order valence-electron chi connectivity index (χ4n) is 3.14. The Morgan fingerprint density at radius 3 is 2.28 bits per heavy atom. The second-order valence-electron chi connectivity index (χ2n) is 6.54. The van der Waals surface area contributed by atoms with Crippen molar-refractivity contribution in [3.63, 3.8) is 0 Å². The molecule has 2 amide bonds. The Morgan fingerprint density at radius 2 is 1.64 bits per heavy atom. The van der Waals surface area contributed by atoms with Crippen LogP contribution in [0.5, 0.6) is 0 Å². The molecule has 1 fully saturated rings. The van der Waals surface area contributed by atoms with E-state index >= 15 is 0 Å². The number of unbranched alkanes of at least 4 members (excludes halogenated alkanes) is 1. The summed E-state index contributed by atoms with van der Waals surface area (Å²) in [7, 11) is 0. The van der Waals surface area contributed by atoms with Crippen molar-refractivity contribution in [2.45, 2.75) is 26.2 Å². The fourth-order valence-corrected chi connectivity index (χ4v) is 3.14. The maximum absolute atomic E-state index is 12.5. The highest BCUT2D eigenvalue weighted by atomic mass is 16.2. The molecule has 0 bridgehead atoms. The van der Waals surface area contributed by atoms with Crippen molar-refractivity contribution in [1.82, 2.24) is 4.90 Å². The van der Waals surface area contributed by atoms with Gasteiger partial charge in [-0.1, -0.05) is 43.7 Å². The number of carbonyl (C=O) groups excluding carboxylic acids is 1. The Bertz CT molecular complexity index is 661. The number of carbonyl (C=O) groups is 1. The van der Waals surface area contributed by atoms with E-state index in [1.54, 1.807) is 0 Å². The van der Waals surface area contributed by atoms with E-state index in [0.29, 0.717) is 0 Å². The van der Waals surface area contributed by atoms with Crippen molar-refractivity contribution in [3.8, 4) is 0 Å². The van der Waals surface area contributed by atoms with Gasteiger partial charge < -0.3 is 15.1 Å². The molecular formula is C21H27N3O. The van der Waals surface area contributed by atoms with E-state index < -0.39 is 0 Å². The predicted molar refractivity (Wildman–Crippen MR) is 104 cm³/mol. The minimum Gasteiger partial charge on any atom is -0.368 e. The first kappa shape index (κ1) is 17.3. The van der Waals surface area contributed by atoms with Gasteiger partial charge >= 0.3 is 6.03 Å². The van der Waals surface area contributed by atoms with Gasteiger partial charge in [-0.2, -0.15) is 0 Å². The molecule has 0 spiro atoms. The van der Waals surface area contributed by atoms with E-state index in [0.717, 1.165) is 38.3 Å². The molecule has 1 aliphatic heterocycles. The summed E-state index contributed by atoms with van der Waals surface area (Å²) in [5.74, 6) is 0. The minimum atomic E-state index is -0.00554. The highest BCUT2D eigenvalue weighted by molar-refractivity contribution is 5.89. The van der Waals surface area contributed by atoms with E-state index in [9.17, 15) is 4.79 Å². The normalized spacial score (nSPS) is 14.4. The SMILES string of the molecule is CCCCc1ccc(NC(=O)N2CCN(c3ccccc3)CC2)cc1. The number of hydrogen-bond donors (Lipinski definition) is 1. The number of nitrogens with zero attached hydrogens (tertiary/aromatic N) is 2. The van der Waals surface area contributed by atoms with Crippen LogP contribution in [0, 0.1) is 0 Å². The van der Waals surface area contributed by atoms with Crippen LogP contribution in [0.3, 0.4) is 0 Å². The highest BCUT2D eigenvalue weighted by Crippen LogP contribution is 2.17. The largest absolute Gasteiger partial charge is 0.368 e. The lowest BCUT2D eigenvalue weighted by Gasteiger charge is -2.36. The summed E-state index contributed by atoms with van der Waals surface area (Å²) >= 11 is 0. The monoisotopic (exact) mass is 337 g/mol. The minimum absolute atomic E-state index is 0.00554. The third kappa shape index (κ3) is 4.75. The molecule has 1 N–H and O–H groups in total. The smallest absolute Gasteiger partial charge is 0.321 e. The molecule has 132 valence electrons. The van der Waals surface area contributed by atoms with Gasteiger partial charge in [-0.3, -0.25) is 0 Å². The summed E-state index contributed by atoms with van der Waals surface area (Å²) in [5.41, 5.74) is 3.43. The average Bonchev–Trinajstić information content (AvgIpc) is 2.68. The topological polar surface area (TPSA) is 35.6 Å². The molecule has 0 aromatic heterocycles. The lowest BCUT2D eigenvalue weighted by molar-refractivity contribution is 0.208. The molecule has 1 saturated heterocycles. The van der Waals surface area contributed by atoms with Crippen LogP contribution in [0.2, 0.25) is 0 Å². The van der Waals surface area contributed by atoms with Gasteiger partial charge in [-0.05, 0) is 42.7 Å². The Kier molecular flexibility index (Phi) is 5.94. The average molecular weight is 337 g/mol. The zero-order chi connectivity index (χ0) is 17.5. The second kappa shape index (κ2) is 8.56. The number of anilines is 2. The van der Waals surface area contributed by atoms with Crippen LogP contribution in [0.15, 0.2) is 54.6 Å². The molecule has 0 atom stereocenters. The van der Waals surface area contributed by atoms with Crippen molar-refractivity contribution in [2.24, 2.45) is 0 Å². The third-order valence-electron chi connectivity index (χ3n) is 4.71. The molecule has 0 saturated carbocycles. The number of urea groups is 1. The van der Waals surface area contributed by atoms with Gasteiger partial charge in [-0.25, -0.2) is 4.79 Å². The number of nitrogens with one attached hydrogen (secondary N) is 1. The number of para-hydroxylation sites is 1. The zero-order valence-corrected chi connectivity index (χ0v) is 14.9. The van der Waals surface area contributed by atoms with Crippen molar-refractivity contribution >= 4 is 17.4 Å². The maximum atomic E-state index is 12.5. The molecule has 0 aliphatic carbocycles. The molecule has 0 unspecified atom stereocenters. The van der Waals surface area contributed by atoms with Crippen LogP contribution in [0.25, 0.3) is 0 Å². The van der Waals surface area contributed by atoms with Gasteiger partial charge in [0.2, 0.25) is 0 Å². The number of hydrogen-bond acceptors (Lipinski definition) is 2.